The van der Waals surface area contributed by atoms with Gasteiger partial charge in [-0.05, 0) is 76.4 Å². The highest BCUT2D eigenvalue weighted by atomic mass is 32.2. The molecule has 0 amide bonds. The Hall–Kier alpha value is -4.11. The first-order valence-electron chi connectivity index (χ1n) is 15.2. The van der Waals surface area contributed by atoms with Gasteiger partial charge in [-0.2, -0.15) is 4.98 Å². The third-order valence-corrected chi connectivity index (χ3v) is 9.58. The van der Waals surface area contributed by atoms with Gasteiger partial charge >= 0.3 is 0 Å². The van der Waals surface area contributed by atoms with Gasteiger partial charge in [-0.3, -0.25) is 14.1 Å². The van der Waals surface area contributed by atoms with E-state index >= 15 is 13.2 Å². The van der Waals surface area contributed by atoms with E-state index in [0.717, 1.165) is 37.8 Å². The minimum atomic E-state index is -4.44. The zero-order chi connectivity index (χ0) is 34.0. The van der Waals surface area contributed by atoms with E-state index < -0.39 is 68.6 Å². The molecule has 1 fully saturated rings. The van der Waals surface area contributed by atoms with Crippen molar-refractivity contribution < 1.29 is 30.4 Å². The van der Waals surface area contributed by atoms with Crippen LogP contribution >= 0.6 is 0 Å². The molecule has 0 bridgehead atoms. The van der Waals surface area contributed by atoms with Crippen molar-refractivity contribution in [2.45, 2.75) is 63.4 Å². The second kappa shape index (κ2) is 13.9. The molecule has 252 valence electrons. The minimum absolute atomic E-state index is 0.0626. The number of sulfonamides is 1. The summed E-state index contributed by atoms with van der Waals surface area (Å²) in [6, 6.07) is 6.08. The quantitative estimate of drug-likeness (QED) is 0.145. The third kappa shape index (κ3) is 7.56. The van der Waals surface area contributed by atoms with Crippen molar-refractivity contribution in [2.24, 2.45) is 0 Å². The molecule has 0 saturated heterocycles. The maximum Gasteiger partial charge on any atom is 0.260 e. The average Bonchev–Trinajstić information content (AvgIpc) is 3.02. The summed E-state index contributed by atoms with van der Waals surface area (Å²) >= 11 is 0. The van der Waals surface area contributed by atoms with Crippen molar-refractivity contribution in [3.63, 3.8) is 0 Å². The molecular formula is C32H35F5N6O3S. The number of aromatic nitrogens is 3. The van der Waals surface area contributed by atoms with Crippen LogP contribution in [0.5, 0.6) is 0 Å². The lowest BCUT2D eigenvalue weighted by atomic mass is 9.90. The van der Waals surface area contributed by atoms with E-state index in [9.17, 15) is 22.0 Å². The Labute approximate surface area is 268 Å². The summed E-state index contributed by atoms with van der Waals surface area (Å²) in [4.78, 5) is 24.6. The van der Waals surface area contributed by atoms with Crippen LogP contribution in [-0.4, -0.2) is 60.2 Å². The Kier molecular flexibility index (Phi) is 10.2. The first-order chi connectivity index (χ1) is 22.3. The zero-order valence-corrected chi connectivity index (χ0v) is 26.9. The molecular weight excluding hydrogens is 643 g/mol. The number of anilines is 2. The lowest BCUT2D eigenvalue weighted by Crippen LogP contribution is -2.39. The van der Waals surface area contributed by atoms with E-state index in [1.165, 1.54) is 29.0 Å². The van der Waals surface area contributed by atoms with Crippen LogP contribution < -0.4 is 15.6 Å². The van der Waals surface area contributed by atoms with Gasteiger partial charge < -0.3 is 10.2 Å². The molecule has 1 aliphatic carbocycles. The fourth-order valence-electron chi connectivity index (χ4n) is 5.90. The maximum absolute atomic E-state index is 15.5. The fraction of sp³-hybridized carbons (Fsp3) is 0.406. The van der Waals surface area contributed by atoms with Crippen molar-refractivity contribution in [3.8, 4) is 11.1 Å². The standard InChI is InChI=1S/C32H35F5N6O3S/c1-18(2)43-30-20(16-38-32(40-30)39-22-8-10-23(11-9-22)42(3)13-12-33)14-25(31(43)44)24-15-26(35)29(28(37)27(24)36)41-47(45,46)17-19-4-6-21(34)7-5-19/h4-7,14-16,18,22-23,41H,8-13,17H2,1-3H3,(H,38,39,40)/t22-,23-. The van der Waals surface area contributed by atoms with Gasteiger partial charge in [0.25, 0.3) is 5.56 Å². The van der Waals surface area contributed by atoms with E-state index in [1.54, 1.807) is 18.6 Å². The van der Waals surface area contributed by atoms with E-state index in [4.69, 9.17) is 0 Å². The molecule has 1 aliphatic rings. The van der Waals surface area contributed by atoms with Gasteiger partial charge in [0.15, 0.2) is 17.5 Å². The van der Waals surface area contributed by atoms with Crippen LogP contribution in [-0.2, 0) is 15.8 Å². The van der Waals surface area contributed by atoms with Gasteiger partial charge in [-0.25, -0.2) is 35.4 Å². The van der Waals surface area contributed by atoms with Crippen LogP contribution in [0.1, 0.15) is 51.1 Å². The number of halogens is 5. The summed E-state index contributed by atoms with van der Waals surface area (Å²) in [6.45, 7) is 3.38. The number of benzene rings is 2. The first-order valence-corrected chi connectivity index (χ1v) is 16.8. The van der Waals surface area contributed by atoms with Crippen molar-refractivity contribution in [2.75, 3.05) is 30.3 Å². The van der Waals surface area contributed by atoms with Crippen LogP contribution in [0.2, 0.25) is 0 Å². The Morgan fingerprint density at radius 2 is 1.68 bits per heavy atom. The Morgan fingerprint density at radius 3 is 2.32 bits per heavy atom. The van der Waals surface area contributed by atoms with E-state index in [-0.39, 0.29) is 34.8 Å². The SMILES string of the molecule is CC(C)n1c(=O)c(-c2cc(F)c(NS(=O)(=O)Cc3ccc(F)cc3)c(F)c2F)cc2cnc(N[C@H]3CC[C@H](N(C)CCF)CC3)nc21. The summed E-state index contributed by atoms with van der Waals surface area (Å²) in [5.74, 6) is -5.99. The van der Waals surface area contributed by atoms with Gasteiger partial charge in [-0.15, -0.1) is 0 Å². The smallest absolute Gasteiger partial charge is 0.260 e. The van der Waals surface area contributed by atoms with Crippen LogP contribution in [0.25, 0.3) is 22.2 Å². The zero-order valence-electron chi connectivity index (χ0n) is 26.0. The molecule has 2 aromatic heterocycles. The van der Waals surface area contributed by atoms with Gasteiger partial charge in [0, 0.05) is 41.8 Å². The monoisotopic (exact) mass is 678 g/mol. The van der Waals surface area contributed by atoms with Crippen molar-refractivity contribution in [1.29, 1.82) is 0 Å². The minimum Gasteiger partial charge on any atom is -0.351 e. The predicted molar refractivity (Wildman–Crippen MR) is 170 cm³/mol. The summed E-state index contributed by atoms with van der Waals surface area (Å²) in [6.07, 6.45) is 4.79. The largest absolute Gasteiger partial charge is 0.351 e. The molecule has 0 unspecified atom stereocenters. The Balaban J connectivity index is 1.44. The van der Waals surface area contributed by atoms with Crippen molar-refractivity contribution in [1.82, 2.24) is 19.4 Å². The topological polar surface area (TPSA) is 109 Å². The molecule has 9 nitrogen and oxygen atoms in total. The molecule has 0 atom stereocenters. The Morgan fingerprint density at radius 1 is 1.00 bits per heavy atom. The number of nitrogens with zero attached hydrogens (tertiary/aromatic N) is 4. The summed E-state index contributed by atoms with van der Waals surface area (Å²) in [7, 11) is -2.53. The van der Waals surface area contributed by atoms with Crippen LogP contribution in [0, 0.1) is 23.3 Å². The summed E-state index contributed by atoms with van der Waals surface area (Å²) < 4.78 is 100. The molecule has 4 aromatic rings. The normalized spacial score (nSPS) is 17.1. The molecule has 47 heavy (non-hydrogen) atoms. The van der Waals surface area contributed by atoms with Gasteiger partial charge in [0.1, 0.15) is 23.8 Å². The average molecular weight is 679 g/mol. The highest BCUT2D eigenvalue weighted by Crippen LogP contribution is 2.33. The van der Waals surface area contributed by atoms with Crippen LogP contribution in [0.4, 0.5) is 33.6 Å². The van der Waals surface area contributed by atoms with E-state index in [2.05, 4.69) is 15.3 Å². The molecule has 15 heteroatoms. The van der Waals surface area contributed by atoms with Crippen molar-refractivity contribution in [3.05, 3.63) is 81.8 Å². The highest BCUT2D eigenvalue weighted by Gasteiger charge is 2.27. The van der Waals surface area contributed by atoms with Crippen LogP contribution in [0.15, 0.2) is 47.4 Å². The van der Waals surface area contributed by atoms with Gasteiger partial charge in [0.05, 0.1) is 11.3 Å². The number of hydrogen-bond acceptors (Lipinski definition) is 7. The summed E-state index contributed by atoms with van der Waals surface area (Å²) in [5, 5.41) is 3.61. The molecule has 2 aromatic carbocycles. The lowest BCUT2D eigenvalue weighted by molar-refractivity contribution is 0.174. The lowest BCUT2D eigenvalue weighted by Gasteiger charge is -2.34. The number of fused-ring (bicyclic) bond motifs is 1. The molecule has 2 N–H and O–H groups in total. The molecule has 1 saturated carbocycles. The number of nitrogens with one attached hydrogen (secondary N) is 2. The number of rotatable bonds is 11. The molecule has 0 spiro atoms. The number of alkyl halides is 1. The second-order valence-corrected chi connectivity index (χ2v) is 13.7. The van der Waals surface area contributed by atoms with E-state index in [0.29, 0.717) is 18.0 Å². The number of hydrogen-bond donors (Lipinski definition) is 2. The molecule has 2 heterocycles. The molecule has 0 aliphatic heterocycles. The first kappa shape index (κ1) is 34.2. The number of pyridine rings is 1. The third-order valence-electron chi connectivity index (χ3n) is 8.36. The van der Waals surface area contributed by atoms with E-state index in [1.807, 2.05) is 11.9 Å². The fourth-order valence-corrected chi connectivity index (χ4v) is 7.10. The van der Waals surface area contributed by atoms with Gasteiger partial charge in [-0.1, -0.05) is 12.1 Å². The Bertz CT molecular complexity index is 1930. The molecule has 5 rings (SSSR count). The maximum atomic E-state index is 15.5. The van der Waals surface area contributed by atoms with Gasteiger partial charge in [0.2, 0.25) is 16.0 Å². The van der Waals surface area contributed by atoms with Crippen LogP contribution in [0.3, 0.4) is 0 Å². The predicted octanol–water partition coefficient (Wildman–Crippen LogP) is 6.16. The second-order valence-electron chi connectivity index (χ2n) is 12.0. The highest BCUT2D eigenvalue weighted by molar-refractivity contribution is 7.91. The van der Waals surface area contributed by atoms with Crippen molar-refractivity contribution >= 4 is 32.7 Å². The molecule has 0 radical (unpaired) electrons. The summed E-state index contributed by atoms with van der Waals surface area (Å²) in [5.41, 5.74) is -2.74.